The summed E-state index contributed by atoms with van der Waals surface area (Å²) < 4.78 is 1.88. The van der Waals surface area contributed by atoms with Crippen LogP contribution < -0.4 is 0 Å². The highest BCUT2D eigenvalue weighted by atomic mass is 35.5. The van der Waals surface area contributed by atoms with Crippen LogP contribution in [0.15, 0.2) is 43.0 Å². The average molecular weight is 235 g/mol. The number of carbonyl (C=O) groups is 1. The van der Waals surface area contributed by atoms with E-state index in [1.165, 1.54) is 0 Å². The fourth-order valence-electron chi connectivity index (χ4n) is 1.56. The van der Waals surface area contributed by atoms with Crippen LogP contribution in [-0.2, 0) is 11.3 Å². The third-order valence-corrected chi connectivity index (χ3v) is 2.68. The maximum absolute atomic E-state index is 11.0. The Kier molecular flexibility index (Phi) is 3.37. The fraction of sp³-hybridized carbons (Fsp3) is 0.167. The SMILES string of the molecule is O=CC(Cn1ccnc1)c1ccc(Cl)cc1. The van der Waals surface area contributed by atoms with Gasteiger partial charge in [0.1, 0.15) is 6.29 Å². The van der Waals surface area contributed by atoms with Crippen molar-refractivity contribution in [2.45, 2.75) is 12.5 Å². The van der Waals surface area contributed by atoms with E-state index in [9.17, 15) is 4.79 Å². The van der Waals surface area contributed by atoms with Gasteiger partial charge in [-0.15, -0.1) is 0 Å². The summed E-state index contributed by atoms with van der Waals surface area (Å²) in [5, 5.41) is 0.677. The van der Waals surface area contributed by atoms with E-state index in [4.69, 9.17) is 11.6 Å². The Bertz CT molecular complexity index is 450. The maximum atomic E-state index is 11.0. The van der Waals surface area contributed by atoms with Crippen molar-refractivity contribution < 1.29 is 4.79 Å². The Morgan fingerprint density at radius 3 is 2.69 bits per heavy atom. The van der Waals surface area contributed by atoms with E-state index >= 15 is 0 Å². The second kappa shape index (κ2) is 4.94. The number of nitrogens with zero attached hydrogens (tertiary/aromatic N) is 2. The van der Waals surface area contributed by atoms with Crippen LogP contribution in [0.4, 0.5) is 0 Å². The number of aldehydes is 1. The molecule has 2 aromatic rings. The van der Waals surface area contributed by atoms with Crippen LogP contribution in [0.1, 0.15) is 11.5 Å². The molecule has 1 aromatic heterocycles. The minimum atomic E-state index is -0.161. The molecule has 1 unspecified atom stereocenters. The van der Waals surface area contributed by atoms with Gasteiger partial charge >= 0.3 is 0 Å². The number of aromatic nitrogens is 2. The predicted octanol–water partition coefficient (Wildman–Crippen LogP) is 2.52. The summed E-state index contributed by atoms with van der Waals surface area (Å²) in [6, 6.07) is 7.33. The number of carbonyl (C=O) groups excluding carboxylic acids is 1. The Hall–Kier alpha value is -1.61. The highest BCUT2D eigenvalue weighted by Gasteiger charge is 2.10. The van der Waals surface area contributed by atoms with Crippen LogP contribution in [0, 0.1) is 0 Å². The van der Waals surface area contributed by atoms with Gasteiger partial charge in [0.05, 0.1) is 12.2 Å². The number of halogens is 1. The summed E-state index contributed by atoms with van der Waals surface area (Å²) in [7, 11) is 0. The van der Waals surface area contributed by atoms with Gasteiger partial charge in [-0.3, -0.25) is 0 Å². The summed E-state index contributed by atoms with van der Waals surface area (Å²) in [4.78, 5) is 15.0. The highest BCUT2D eigenvalue weighted by molar-refractivity contribution is 6.30. The number of benzene rings is 1. The molecule has 0 spiro atoms. The normalized spacial score (nSPS) is 12.3. The van der Waals surface area contributed by atoms with Gasteiger partial charge in [-0.2, -0.15) is 0 Å². The van der Waals surface area contributed by atoms with Crippen molar-refractivity contribution in [1.82, 2.24) is 9.55 Å². The average Bonchev–Trinajstić information content (AvgIpc) is 2.80. The standard InChI is InChI=1S/C12H11ClN2O/c13-12-3-1-10(2-4-12)11(8-16)7-15-6-5-14-9-15/h1-6,8-9,11H,7H2. The van der Waals surface area contributed by atoms with Crippen LogP contribution in [0.2, 0.25) is 5.02 Å². The zero-order valence-corrected chi connectivity index (χ0v) is 9.34. The van der Waals surface area contributed by atoms with E-state index in [2.05, 4.69) is 4.98 Å². The second-order valence-corrected chi connectivity index (χ2v) is 3.99. The lowest BCUT2D eigenvalue weighted by Crippen LogP contribution is -2.09. The second-order valence-electron chi connectivity index (χ2n) is 3.55. The Balaban J connectivity index is 2.16. The third kappa shape index (κ3) is 2.49. The molecule has 0 radical (unpaired) electrons. The largest absolute Gasteiger partial charge is 0.336 e. The molecular weight excluding hydrogens is 224 g/mol. The van der Waals surface area contributed by atoms with Gasteiger partial charge in [0.2, 0.25) is 0 Å². The highest BCUT2D eigenvalue weighted by Crippen LogP contribution is 2.18. The van der Waals surface area contributed by atoms with E-state index in [0.29, 0.717) is 11.6 Å². The maximum Gasteiger partial charge on any atom is 0.129 e. The van der Waals surface area contributed by atoms with Crippen LogP contribution in [-0.4, -0.2) is 15.8 Å². The summed E-state index contributed by atoms with van der Waals surface area (Å²) in [6.45, 7) is 0.602. The molecule has 4 heteroatoms. The molecule has 0 aliphatic heterocycles. The molecular formula is C12H11ClN2O. The smallest absolute Gasteiger partial charge is 0.129 e. The molecule has 0 N–H and O–H groups in total. The van der Waals surface area contributed by atoms with E-state index in [1.54, 1.807) is 24.7 Å². The summed E-state index contributed by atoms with van der Waals surface area (Å²) in [6.07, 6.45) is 6.19. The van der Waals surface area contributed by atoms with E-state index < -0.39 is 0 Å². The van der Waals surface area contributed by atoms with Crippen molar-refractivity contribution in [3.8, 4) is 0 Å². The topological polar surface area (TPSA) is 34.9 Å². The third-order valence-electron chi connectivity index (χ3n) is 2.43. The minimum absolute atomic E-state index is 0.161. The Labute approximate surface area is 98.7 Å². The molecule has 82 valence electrons. The summed E-state index contributed by atoms with van der Waals surface area (Å²) in [5.41, 5.74) is 0.966. The Morgan fingerprint density at radius 1 is 1.38 bits per heavy atom. The lowest BCUT2D eigenvalue weighted by atomic mass is 10.0. The van der Waals surface area contributed by atoms with Gasteiger partial charge in [-0.25, -0.2) is 4.98 Å². The number of hydrogen-bond donors (Lipinski definition) is 0. The van der Waals surface area contributed by atoms with Gasteiger partial charge in [0, 0.05) is 24.0 Å². The van der Waals surface area contributed by atoms with E-state index in [1.807, 2.05) is 22.9 Å². The minimum Gasteiger partial charge on any atom is -0.336 e. The lowest BCUT2D eigenvalue weighted by Gasteiger charge is -2.11. The zero-order chi connectivity index (χ0) is 11.4. The van der Waals surface area contributed by atoms with Gasteiger partial charge in [0.25, 0.3) is 0 Å². The number of imidazole rings is 1. The van der Waals surface area contributed by atoms with E-state index in [-0.39, 0.29) is 5.92 Å². The van der Waals surface area contributed by atoms with Crippen molar-refractivity contribution in [2.75, 3.05) is 0 Å². The first-order valence-electron chi connectivity index (χ1n) is 4.96. The van der Waals surface area contributed by atoms with Crippen LogP contribution >= 0.6 is 11.6 Å². The molecule has 1 heterocycles. The zero-order valence-electron chi connectivity index (χ0n) is 8.58. The Morgan fingerprint density at radius 2 is 2.12 bits per heavy atom. The van der Waals surface area contributed by atoms with Gasteiger partial charge in [0.15, 0.2) is 0 Å². The summed E-state index contributed by atoms with van der Waals surface area (Å²) in [5.74, 6) is -0.161. The summed E-state index contributed by atoms with van der Waals surface area (Å²) >= 11 is 5.80. The van der Waals surface area contributed by atoms with Gasteiger partial charge < -0.3 is 9.36 Å². The fourth-order valence-corrected chi connectivity index (χ4v) is 1.68. The van der Waals surface area contributed by atoms with Crippen molar-refractivity contribution in [3.63, 3.8) is 0 Å². The first kappa shape index (κ1) is 10.9. The van der Waals surface area contributed by atoms with Crippen molar-refractivity contribution >= 4 is 17.9 Å². The molecule has 16 heavy (non-hydrogen) atoms. The van der Waals surface area contributed by atoms with Gasteiger partial charge in [-0.05, 0) is 17.7 Å². The van der Waals surface area contributed by atoms with Gasteiger partial charge in [-0.1, -0.05) is 23.7 Å². The van der Waals surface area contributed by atoms with Crippen LogP contribution in [0.5, 0.6) is 0 Å². The molecule has 1 aromatic carbocycles. The monoisotopic (exact) mass is 234 g/mol. The van der Waals surface area contributed by atoms with E-state index in [0.717, 1.165) is 11.8 Å². The molecule has 0 fully saturated rings. The number of rotatable bonds is 4. The van der Waals surface area contributed by atoms with Crippen molar-refractivity contribution in [2.24, 2.45) is 0 Å². The quantitative estimate of drug-likeness (QED) is 0.762. The van der Waals surface area contributed by atoms with Crippen molar-refractivity contribution in [3.05, 3.63) is 53.6 Å². The van der Waals surface area contributed by atoms with Crippen LogP contribution in [0.25, 0.3) is 0 Å². The number of hydrogen-bond acceptors (Lipinski definition) is 2. The molecule has 0 aliphatic carbocycles. The first-order valence-corrected chi connectivity index (χ1v) is 5.34. The first-order chi connectivity index (χ1) is 7.79. The molecule has 0 bridgehead atoms. The molecule has 1 atom stereocenters. The molecule has 0 saturated carbocycles. The lowest BCUT2D eigenvalue weighted by molar-refractivity contribution is -0.109. The molecule has 3 nitrogen and oxygen atoms in total. The molecule has 2 rings (SSSR count). The van der Waals surface area contributed by atoms with Crippen LogP contribution in [0.3, 0.4) is 0 Å². The predicted molar refractivity (Wildman–Crippen MR) is 62.5 cm³/mol. The van der Waals surface area contributed by atoms with Crippen molar-refractivity contribution in [1.29, 1.82) is 0 Å². The molecule has 0 aliphatic rings. The molecule has 0 amide bonds. The molecule has 0 saturated heterocycles.